The second-order valence-electron chi connectivity index (χ2n) is 5.93. The second kappa shape index (κ2) is 4.46. The number of hydrogen-bond acceptors (Lipinski definition) is 2. The summed E-state index contributed by atoms with van der Waals surface area (Å²) in [5.41, 5.74) is 9.02. The molecule has 2 aromatic carbocycles. The molecule has 0 saturated carbocycles. The summed E-state index contributed by atoms with van der Waals surface area (Å²) < 4.78 is 0. The zero-order chi connectivity index (χ0) is 14.3. The van der Waals surface area contributed by atoms with Crippen molar-refractivity contribution in [2.24, 2.45) is 5.73 Å². The molecule has 0 spiro atoms. The Labute approximate surface area is 118 Å². The zero-order valence-corrected chi connectivity index (χ0v) is 12.1. The summed E-state index contributed by atoms with van der Waals surface area (Å²) in [7, 11) is 0. The first-order valence-electron chi connectivity index (χ1n) is 6.79. The van der Waals surface area contributed by atoms with Gasteiger partial charge in [-0.25, -0.2) is 4.98 Å². The first-order chi connectivity index (χ1) is 9.43. The number of benzene rings is 2. The van der Waals surface area contributed by atoms with Crippen LogP contribution < -0.4 is 5.73 Å². The van der Waals surface area contributed by atoms with Gasteiger partial charge in [0.1, 0.15) is 5.82 Å². The molecule has 1 heterocycles. The first-order valence-corrected chi connectivity index (χ1v) is 6.79. The predicted molar refractivity (Wildman–Crippen MR) is 83.5 cm³/mol. The minimum Gasteiger partial charge on any atom is -0.340 e. The molecule has 0 unspecified atom stereocenters. The molecule has 0 fully saturated rings. The molecule has 0 radical (unpaired) electrons. The lowest BCUT2D eigenvalue weighted by molar-refractivity contribution is 0.520. The van der Waals surface area contributed by atoms with Crippen molar-refractivity contribution in [1.29, 1.82) is 0 Å². The molecular formula is C17H19N3. The number of aryl methyl sites for hydroxylation is 1. The van der Waals surface area contributed by atoms with E-state index in [2.05, 4.69) is 53.3 Å². The monoisotopic (exact) mass is 265 g/mol. The summed E-state index contributed by atoms with van der Waals surface area (Å²) in [5, 5.41) is 2.49. The van der Waals surface area contributed by atoms with Crippen LogP contribution in [0.3, 0.4) is 0 Å². The number of H-pyrrole nitrogens is 1. The molecule has 0 aliphatic heterocycles. The van der Waals surface area contributed by atoms with Gasteiger partial charge in [0.05, 0.1) is 17.4 Å². The molecule has 0 aliphatic carbocycles. The van der Waals surface area contributed by atoms with Gasteiger partial charge < -0.3 is 10.7 Å². The van der Waals surface area contributed by atoms with Gasteiger partial charge in [0.25, 0.3) is 0 Å². The second-order valence-corrected chi connectivity index (χ2v) is 5.93. The molecule has 20 heavy (non-hydrogen) atoms. The Morgan fingerprint density at radius 3 is 2.45 bits per heavy atom. The fourth-order valence-corrected chi connectivity index (χ4v) is 2.33. The van der Waals surface area contributed by atoms with Gasteiger partial charge in [-0.05, 0) is 37.6 Å². The molecule has 102 valence electrons. The van der Waals surface area contributed by atoms with E-state index in [1.54, 1.807) is 0 Å². The minimum absolute atomic E-state index is 0.452. The van der Waals surface area contributed by atoms with Crippen molar-refractivity contribution in [3.63, 3.8) is 0 Å². The van der Waals surface area contributed by atoms with Crippen LogP contribution in [0.4, 0.5) is 0 Å². The van der Waals surface area contributed by atoms with Gasteiger partial charge in [0.15, 0.2) is 0 Å². The maximum Gasteiger partial charge on any atom is 0.126 e. The molecule has 3 aromatic rings. The van der Waals surface area contributed by atoms with Crippen LogP contribution in [-0.2, 0) is 5.54 Å². The maximum atomic E-state index is 6.06. The highest BCUT2D eigenvalue weighted by atomic mass is 15.0. The van der Waals surface area contributed by atoms with Gasteiger partial charge >= 0.3 is 0 Å². The van der Waals surface area contributed by atoms with Crippen molar-refractivity contribution in [3.05, 3.63) is 54.0 Å². The SMILES string of the molecule is Cc1ccc2cc(-c3cnc(C(C)(C)N)[nH]3)ccc2c1. The molecule has 0 bridgehead atoms. The van der Waals surface area contributed by atoms with Gasteiger partial charge in [-0.3, -0.25) is 0 Å². The Hall–Kier alpha value is -2.13. The van der Waals surface area contributed by atoms with Crippen molar-refractivity contribution in [3.8, 4) is 11.3 Å². The van der Waals surface area contributed by atoms with Gasteiger partial charge in [-0.15, -0.1) is 0 Å². The van der Waals surface area contributed by atoms with Crippen molar-refractivity contribution >= 4 is 10.8 Å². The zero-order valence-electron chi connectivity index (χ0n) is 12.1. The smallest absolute Gasteiger partial charge is 0.126 e. The Kier molecular flexibility index (Phi) is 2.87. The van der Waals surface area contributed by atoms with E-state index in [0.29, 0.717) is 0 Å². The third-order valence-corrected chi connectivity index (χ3v) is 3.49. The van der Waals surface area contributed by atoms with E-state index < -0.39 is 5.54 Å². The van der Waals surface area contributed by atoms with E-state index in [0.717, 1.165) is 17.1 Å². The van der Waals surface area contributed by atoms with E-state index in [-0.39, 0.29) is 0 Å². The lowest BCUT2D eigenvalue weighted by Crippen LogP contribution is -2.30. The van der Waals surface area contributed by atoms with E-state index in [9.17, 15) is 0 Å². The van der Waals surface area contributed by atoms with Crippen molar-refractivity contribution in [2.75, 3.05) is 0 Å². The maximum absolute atomic E-state index is 6.06. The largest absolute Gasteiger partial charge is 0.340 e. The molecule has 1 aromatic heterocycles. The standard InChI is InChI=1S/C17H19N3/c1-11-4-5-13-9-14(7-6-12(13)8-11)15-10-19-16(20-15)17(2,3)18/h4-10H,18H2,1-3H3,(H,19,20). The van der Waals surface area contributed by atoms with Crippen LogP contribution in [0.5, 0.6) is 0 Å². The van der Waals surface area contributed by atoms with Crippen LogP contribution in [0, 0.1) is 6.92 Å². The number of aromatic amines is 1. The fraction of sp³-hybridized carbons (Fsp3) is 0.235. The fourth-order valence-electron chi connectivity index (χ4n) is 2.33. The number of fused-ring (bicyclic) bond motifs is 1. The Morgan fingerprint density at radius 2 is 1.75 bits per heavy atom. The average molecular weight is 265 g/mol. The molecule has 3 rings (SSSR count). The van der Waals surface area contributed by atoms with Gasteiger partial charge in [0.2, 0.25) is 0 Å². The number of nitrogens with one attached hydrogen (secondary N) is 1. The lowest BCUT2D eigenvalue weighted by atomic mass is 10.0. The van der Waals surface area contributed by atoms with E-state index in [1.807, 2.05) is 20.0 Å². The van der Waals surface area contributed by atoms with Crippen LogP contribution in [0.1, 0.15) is 25.2 Å². The van der Waals surface area contributed by atoms with Crippen LogP contribution >= 0.6 is 0 Å². The highest BCUT2D eigenvalue weighted by Crippen LogP contribution is 2.25. The third kappa shape index (κ3) is 2.32. The summed E-state index contributed by atoms with van der Waals surface area (Å²) in [5.74, 6) is 0.802. The molecule has 0 saturated heterocycles. The molecular weight excluding hydrogens is 246 g/mol. The summed E-state index contributed by atoms with van der Waals surface area (Å²) >= 11 is 0. The summed E-state index contributed by atoms with van der Waals surface area (Å²) in [6.45, 7) is 6.00. The first kappa shape index (κ1) is 12.9. The van der Waals surface area contributed by atoms with Crippen LogP contribution in [0.15, 0.2) is 42.6 Å². The lowest BCUT2D eigenvalue weighted by Gasteiger charge is -2.14. The third-order valence-electron chi connectivity index (χ3n) is 3.49. The normalized spacial score (nSPS) is 12.0. The number of nitrogens with zero attached hydrogens (tertiary/aromatic N) is 1. The number of nitrogens with two attached hydrogens (primary N) is 1. The number of hydrogen-bond donors (Lipinski definition) is 2. The molecule has 3 nitrogen and oxygen atoms in total. The van der Waals surface area contributed by atoms with Crippen LogP contribution in [0.25, 0.3) is 22.0 Å². The molecule has 0 aliphatic rings. The van der Waals surface area contributed by atoms with Crippen LogP contribution in [0.2, 0.25) is 0 Å². The van der Waals surface area contributed by atoms with Crippen LogP contribution in [-0.4, -0.2) is 9.97 Å². The summed E-state index contributed by atoms with van der Waals surface area (Å²) in [6.07, 6.45) is 1.85. The number of imidazole rings is 1. The summed E-state index contributed by atoms with van der Waals surface area (Å²) in [6, 6.07) is 12.9. The Morgan fingerprint density at radius 1 is 1.05 bits per heavy atom. The van der Waals surface area contributed by atoms with Crippen molar-refractivity contribution in [2.45, 2.75) is 26.3 Å². The Bertz CT molecular complexity index is 763. The van der Waals surface area contributed by atoms with Gasteiger partial charge in [0, 0.05) is 5.56 Å². The van der Waals surface area contributed by atoms with Crippen molar-refractivity contribution < 1.29 is 0 Å². The van der Waals surface area contributed by atoms with E-state index >= 15 is 0 Å². The Balaban J connectivity index is 2.06. The average Bonchev–Trinajstić information content (AvgIpc) is 2.87. The number of aromatic nitrogens is 2. The molecule has 0 atom stereocenters. The van der Waals surface area contributed by atoms with Gasteiger partial charge in [-0.2, -0.15) is 0 Å². The highest BCUT2D eigenvalue weighted by Gasteiger charge is 2.18. The molecule has 3 heteroatoms. The quantitative estimate of drug-likeness (QED) is 0.741. The number of rotatable bonds is 2. The van der Waals surface area contributed by atoms with Crippen molar-refractivity contribution in [1.82, 2.24) is 9.97 Å². The topological polar surface area (TPSA) is 54.7 Å². The minimum atomic E-state index is -0.452. The van der Waals surface area contributed by atoms with Gasteiger partial charge in [-0.1, -0.05) is 35.9 Å². The van der Waals surface area contributed by atoms with E-state index in [4.69, 9.17) is 5.73 Å². The highest BCUT2D eigenvalue weighted by molar-refractivity contribution is 5.87. The predicted octanol–water partition coefficient (Wildman–Crippen LogP) is 3.73. The molecule has 3 N–H and O–H groups in total. The summed E-state index contributed by atoms with van der Waals surface area (Å²) in [4.78, 5) is 7.69. The molecule has 0 amide bonds. The van der Waals surface area contributed by atoms with E-state index in [1.165, 1.54) is 16.3 Å².